The predicted octanol–water partition coefficient (Wildman–Crippen LogP) is 3.36. The van der Waals surface area contributed by atoms with Gasteiger partial charge in [-0.05, 0) is 44.2 Å². The summed E-state index contributed by atoms with van der Waals surface area (Å²) >= 11 is 1.23. The highest BCUT2D eigenvalue weighted by atomic mass is 32.2. The first-order valence-electron chi connectivity index (χ1n) is 10.4. The summed E-state index contributed by atoms with van der Waals surface area (Å²) < 4.78 is 11.1. The first-order chi connectivity index (χ1) is 16.4. The average Bonchev–Trinajstić information content (AvgIpc) is 2.81. The Morgan fingerprint density at radius 2 is 1.76 bits per heavy atom. The molecule has 0 atom stereocenters. The van der Waals surface area contributed by atoms with Gasteiger partial charge in [-0.2, -0.15) is 5.10 Å². The van der Waals surface area contributed by atoms with E-state index in [9.17, 15) is 9.59 Å². The van der Waals surface area contributed by atoms with Gasteiger partial charge in [0.15, 0.2) is 23.3 Å². The Balaban J connectivity index is 1.58. The molecule has 0 unspecified atom stereocenters. The van der Waals surface area contributed by atoms with Gasteiger partial charge in [-0.1, -0.05) is 36.0 Å². The van der Waals surface area contributed by atoms with E-state index in [1.807, 2.05) is 38.1 Å². The van der Waals surface area contributed by atoms with Crippen molar-refractivity contribution in [2.75, 3.05) is 24.8 Å². The van der Waals surface area contributed by atoms with Gasteiger partial charge in [0.2, 0.25) is 0 Å². The fraction of sp³-hybridized carbons (Fsp3) is 0.208. The van der Waals surface area contributed by atoms with E-state index in [1.165, 1.54) is 25.1 Å². The number of hydrazone groups is 1. The Morgan fingerprint density at radius 1 is 1.03 bits per heavy atom. The minimum Gasteiger partial charge on any atom is -0.493 e. The minimum atomic E-state index is -0.320. The number of nitrogens with one attached hydrogen (secondary N) is 2. The summed E-state index contributed by atoms with van der Waals surface area (Å²) in [5.74, 6) is 0.256. The third-order valence-corrected chi connectivity index (χ3v) is 5.17. The van der Waals surface area contributed by atoms with Crippen LogP contribution >= 0.6 is 11.8 Å². The maximum atomic E-state index is 12.3. The van der Waals surface area contributed by atoms with Gasteiger partial charge in [-0.25, -0.2) is 15.4 Å². The lowest BCUT2D eigenvalue weighted by Crippen LogP contribution is -2.21. The van der Waals surface area contributed by atoms with Crippen LogP contribution in [0.5, 0.6) is 11.5 Å². The lowest BCUT2D eigenvalue weighted by atomic mass is 10.2. The molecule has 10 heteroatoms. The van der Waals surface area contributed by atoms with Crippen LogP contribution in [0.4, 0.5) is 5.69 Å². The second kappa shape index (κ2) is 12.4. The molecule has 176 valence electrons. The zero-order chi connectivity index (χ0) is 24.3. The Labute approximate surface area is 202 Å². The molecule has 0 saturated carbocycles. The molecular weight excluding hydrogens is 454 g/mol. The van der Waals surface area contributed by atoms with Crippen LogP contribution in [0.1, 0.15) is 17.0 Å². The molecule has 1 aromatic heterocycles. The van der Waals surface area contributed by atoms with Crippen molar-refractivity contribution in [1.29, 1.82) is 0 Å². The fourth-order valence-electron chi connectivity index (χ4n) is 2.90. The number of aryl methyl sites for hydroxylation is 2. The molecule has 2 amide bonds. The van der Waals surface area contributed by atoms with E-state index >= 15 is 0 Å². The molecular formula is C24H25N5O4S. The van der Waals surface area contributed by atoms with Gasteiger partial charge < -0.3 is 14.8 Å². The van der Waals surface area contributed by atoms with Crippen molar-refractivity contribution in [3.8, 4) is 11.5 Å². The van der Waals surface area contributed by atoms with Crippen molar-refractivity contribution in [1.82, 2.24) is 15.4 Å². The van der Waals surface area contributed by atoms with Crippen molar-refractivity contribution in [2.24, 2.45) is 5.10 Å². The number of methoxy groups -OCH3 is 1. The number of aromatic nitrogens is 2. The number of anilines is 1. The number of para-hydroxylation sites is 2. The molecule has 0 aliphatic carbocycles. The van der Waals surface area contributed by atoms with Crippen molar-refractivity contribution in [3.63, 3.8) is 0 Å². The quantitative estimate of drug-likeness (QED) is 0.198. The zero-order valence-electron chi connectivity index (χ0n) is 19.1. The van der Waals surface area contributed by atoms with E-state index in [1.54, 1.807) is 30.3 Å². The highest BCUT2D eigenvalue weighted by Crippen LogP contribution is 2.30. The van der Waals surface area contributed by atoms with Crippen molar-refractivity contribution in [3.05, 3.63) is 71.5 Å². The van der Waals surface area contributed by atoms with Crippen LogP contribution in [-0.2, 0) is 9.59 Å². The summed E-state index contributed by atoms with van der Waals surface area (Å²) in [7, 11) is 1.50. The number of hydrogen-bond donors (Lipinski definition) is 2. The van der Waals surface area contributed by atoms with E-state index in [0.29, 0.717) is 27.9 Å². The molecule has 1 heterocycles. The number of amides is 2. The number of benzene rings is 2. The van der Waals surface area contributed by atoms with Crippen LogP contribution < -0.4 is 20.2 Å². The molecule has 9 nitrogen and oxygen atoms in total. The minimum absolute atomic E-state index is 0.112. The van der Waals surface area contributed by atoms with E-state index in [0.717, 1.165) is 11.4 Å². The first kappa shape index (κ1) is 24.7. The number of hydrogen-bond acceptors (Lipinski definition) is 8. The van der Waals surface area contributed by atoms with Gasteiger partial charge in [0.05, 0.1) is 19.1 Å². The summed E-state index contributed by atoms with van der Waals surface area (Å²) in [5.41, 5.74) is 5.37. The van der Waals surface area contributed by atoms with Gasteiger partial charge in [-0.3, -0.25) is 9.59 Å². The molecule has 0 aliphatic heterocycles. The molecule has 3 rings (SSSR count). The van der Waals surface area contributed by atoms with Gasteiger partial charge >= 0.3 is 0 Å². The molecule has 0 saturated heterocycles. The van der Waals surface area contributed by atoms with Crippen LogP contribution in [0, 0.1) is 13.8 Å². The third kappa shape index (κ3) is 7.59. The lowest BCUT2D eigenvalue weighted by Gasteiger charge is -2.13. The summed E-state index contributed by atoms with van der Waals surface area (Å²) in [6, 6.07) is 16.2. The summed E-state index contributed by atoms with van der Waals surface area (Å²) in [6.45, 7) is 3.53. The Hall–Kier alpha value is -3.92. The summed E-state index contributed by atoms with van der Waals surface area (Å²) in [4.78, 5) is 33.0. The molecule has 0 radical (unpaired) electrons. The van der Waals surface area contributed by atoms with Crippen LogP contribution in [0.3, 0.4) is 0 Å². The Morgan fingerprint density at radius 3 is 2.47 bits per heavy atom. The molecule has 34 heavy (non-hydrogen) atoms. The second-order valence-corrected chi connectivity index (χ2v) is 8.04. The average molecular weight is 480 g/mol. The SMILES string of the molecule is COc1cccc(/C=N\NC(=O)CSc2nc(C)cc(C)n2)c1OCC(=O)Nc1ccccc1. The van der Waals surface area contributed by atoms with E-state index in [2.05, 4.69) is 25.8 Å². The molecule has 3 aromatic rings. The van der Waals surface area contributed by atoms with Crippen LogP contribution in [0.25, 0.3) is 0 Å². The first-order valence-corrected chi connectivity index (χ1v) is 11.3. The maximum Gasteiger partial charge on any atom is 0.262 e. The highest BCUT2D eigenvalue weighted by molar-refractivity contribution is 7.99. The van der Waals surface area contributed by atoms with Crippen molar-refractivity contribution < 1.29 is 19.1 Å². The largest absolute Gasteiger partial charge is 0.493 e. The number of nitrogens with zero attached hydrogens (tertiary/aromatic N) is 3. The third-order valence-electron chi connectivity index (χ3n) is 4.32. The number of carbonyl (C=O) groups excluding carboxylic acids is 2. The molecule has 0 bridgehead atoms. The van der Waals surface area contributed by atoms with Crippen LogP contribution in [0.2, 0.25) is 0 Å². The van der Waals surface area contributed by atoms with Gasteiger partial charge in [0.25, 0.3) is 11.8 Å². The van der Waals surface area contributed by atoms with E-state index in [-0.39, 0.29) is 24.2 Å². The number of rotatable bonds is 10. The van der Waals surface area contributed by atoms with Crippen LogP contribution in [-0.4, -0.2) is 47.5 Å². The maximum absolute atomic E-state index is 12.3. The number of ether oxygens (including phenoxy) is 2. The number of carbonyl (C=O) groups is 2. The summed E-state index contributed by atoms with van der Waals surface area (Å²) in [5, 5.41) is 7.29. The van der Waals surface area contributed by atoms with Crippen molar-refractivity contribution >= 4 is 35.5 Å². The highest BCUT2D eigenvalue weighted by Gasteiger charge is 2.12. The predicted molar refractivity (Wildman–Crippen MR) is 132 cm³/mol. The van der Waals surface area contributed by atoms with Crippen LogP contribution in [0.15, 0.2) is 64.9 Å². The molecule has 2 N–H and O–H groups in total. The smallest absolute Gasteiger partial charge is 0.262 e. The normalized spacial score (nSPS) is 10.7. The fourth-order valence-corrected chi connectivity index (χ4v) is 3.64. The topological polar surface area (TPSA) is 115 Å². The summed E-state index contributed by atoms with van der Waals surface area (Å²) in [6.07, 6.45) is 1.43. The molecule has 2 aromatic carbocycles. The van der Waals surface area contributed by atoms with Gasteiger partial charge in [0, 0.05) is 22.6 Å². The Bertz CT molecular complexity index is 1150. The van der Waals surface area contributed by atoms with Gasteiger partial charge in [-0.15, -0.1) is 0 Å². The monoisotopic (exact) mass is 479 g/mol. The number of thioether (sulfide) groups is 1. The molecule has 0 fully saturated rings. The molecule has 0 aliphatic rings. The van der Waals surface area contributed by atoms with Gasteiger partial charge in [0.1, 0.15) is 0 Å². The zero-order valence-corrected chi connectivity index (χ0v) is 19.9. The lowest BCUT2D eigenvalue weighted by molar-refractivity contribution is -0.119. The standard InChI is InChI=1S/C24H25N5O4S/c1-16-12-17(2)27-24(26-16)34-15-22(31)29-25-13-18-8-7-11-20(32-3)23(18)33-14-21(30)28-19-9-5-4-6-10-19/h4-13H,14-15H2,1-3H3,(H,28,30)(H,29,31)/b25-13-. The molecule has 0 spiro atoms. The van der Waals surface area contributed by atoms with E-state index < -0.39 is 0 Å². The second-order valence-electron chi connectivity index (χ2n) is 7.10. The van der Waals surface area contributed by atoms with Crippen molar-refractivity contribution in [2.45, 2.75) is 19.0 Å². The Kier molecular flexibility index (Phi) is 8.98. The van der Waals surface area contributed by atoms with E-state index in [4.69, 9.17) is 9.47 Å².